The first-order valence-corrected chi connectivity index (χ1v) is 11.7. The highest BCUT2D eigenvalue weighted by Crippen LogP contribution is 2.36. The molecule has 4 rings (SSSR count). The zero-order valence-electron chi connectivity index (χ0n) is 19.7. The van der Waals surface area contributed by atoms with E-state index in [1.54, 1.807) is 26.4 Å². The normalized spacial score (nSPS) is 11.9. The van der Waals surface area contributed by atoms with Crippen molar-refractivity contribution in [2.75, 3.05) is 20.8 Å². The summed E-state index contributed by atoms with van der Waals surface area (Å²) in [5, 5.41) is 9.98. The lowest BCUT2D eigenvalue weighted by molar-refractivity contribution is 0.0429. The molecule has 8 heteroatoms. The lowest BCUT2D eigenvalue weighted by Gasteiger charge is -2.15. The second-order valence-electron chi connectivity index (χ2n) is 7.62. The maximum atomic E-state index is 13.4. The summed E-state index contributed by atoms with van der Waals surface area (Å²) in [6.07, 6.45) is -0.781. The van der Waals surface area contributed by atoms with Crippen molar-refractivity contribution >= 4 is 17.1 Å². The highest BCUT2D eigenvalue weighted by Gasteiger charge is 2.26. The van der Waals surface area contributed by atoms with Crippen molar-refractivity contribution in [3.05, 3.63) is 70.4 Å². The first-order valence-electron chi connectivity index (χ1n) is 10.8. The van der Waals surface area contributed by atoms with Crippen molar-refractivity contribution in [3.63, 3.8) is 0 Å². The highest BCUT2D eigenvalue weighted by molar-refractivity contribution is 7.14. The molecule has 0 radical (unpaired) electrons. The van der Waals surface area contributed by atoms with Crippen LogP contribution in [0.2, 0.25) is 0 Å². The molecule has 0 unspecified atom stereocenters. The Hall–Kier alpha value is -3.49. The molecule has 0 amide bonds. The molecule has 0 aliphatic rings. The van der Waals surface area contributed by atoms with Gasteiger partial charge in [-0.2, -0.15) is 0 Å². The van der Waals surface area contributed by atoms with Crippen LogP contribution in [0.25, 0.3) is 21.9 Å². The van der Waals surface area contributed by atoms with Gasteiger partial charge in [0.1, 0.15) is 33.4 Å². The van der Waals surface area contributed by atoms with Gasteiger partial charge in [0.05, 0.1) is 14.2 Å². The van der Waals surface area contributed by atoms with Gasteiger partial charge in [0.15, 0.2) is 5.76 Å². The van der Waals surface area contributed by atoms with Crippen molar-refractivity contribution in [2.45, 2.75) is 26.9 Å². The Morgan fingerprint density at radius 1 is 0.971 bits per heavy atom. The third kappa shape index (κ3) is 4.73. The number of rotatable bonds is 9. The molecule has 2 heterocycles. The number of ether oxygens (including phenoxy) is 3. The second-order valence-corrected chi connectivity index (χ2v) is 8.80. The number of furan rings is 1. The van der Waals surface area contributed by atoms with E-state index in [1.807, 2.05) is 57.2 Å². The van der Waals surface area contributed by atoms with E-state index >= 15 is 0 Å². The fourth-order valence-electron chi connectivity index (χ4n) is 3.69. The molecule has 0 aliphatic carbocycles. The zero-order valence-corrected chi connectivity index (χ0v) is 20.6. The van der Waals surface area contributed by atoms with Crippen molar-refractivity contribution in [1.82, 2.24) is 10.2 Å². The Morgan fingerprint density at radius 2 is 1.65 bits per heavy atom. The first-order chi connectivity index (χ1) is 16.4. The van der Waals surface area contributed by atoms with E-state index in [-0.39, 0.29) is 11.5 Å². The Kier molecular flexibility index (Phi) is 7.09. The van der Waals surface area contributed by atoms with E-state index in [9.17, 15) is 4.79 Å². The molecule has 1 atom stereocenters. The molecule has 4 aromatic rings. The van der Waals surface area contributed by atoms with Crippen LogP contribution in [-0.4, -0.2) is 36.8 Å². The molecule has 0 saturated heterocycles. The fraction of sp³-hybridized carbons (Fsp3) is 0.269. The van der Waals surface area contributed by atoms with Crippen LogP contribution < -0.4 is 9.47 Å². The highest BCUT2D eigenvalue weighted by atomic mass is 32.1. The number of aryl methyl sites for hydroxylation is 1. The topological polar surface area (TPSA) is 83.7 Å². The van der Waals surface area contributed by atoms with Gasteiger partial charge in [-0.1, -0.05) is 35.6 Å². The molecule has 0 fully saturated rings. The number of nitrogens with zero attached hydrogens (tertiary/aromatic N) is 2. The summed E-state index contributed by atoms with van der Waals surface area (Å²) in [5.41, 5.74) is 3.33. The maximum Gasteiger partial charge on any atom is 0.231 e. The summed E-state index contributed by atoms with van der Waals surface area (Å²) >= 11 is 1.52. The van der Waals surface area contributed by atoms with Gasteiger partial charge in [0.2, 0.25) is 5.78 Å². The summed E-state index contributed by atoms with van der Waals surface area (Å²) in [6, 6.07) is 14.8. The largest absolute Gasteiger partial charge is 0.496 e. The monoisotopic (exact) mass is 478 g/mol. The number of hydrogen-bond acceptors (Lipinski definition) is 8. The van der Waals surface area contributed by atoms with Crippen LogP contribution in [0.3, 0.4) is 0 Å². The summed E-state index contributed by atoms with van der Waals surface area (Å²) in [6.45, 7) is 6.08. The molecule has 7 nitrogen and oxygen atoms in total. The number of Topliss-reactive ketones (excluding diaryl/α,β-unsaturated/α-hetero) is 1. The molecule has 2 aromatic carbocycles. The van der Waals surface area contributed by atoms with Gasteiger partial charge in [-0.05, 0) is 50.6 Å². The van der Waals surface area contributed by atoms with Crippen molar-refractivity contribution in [3.8, 4) is 33.4 Å². The molecule has 0 N–H and O–H groups in total. The van der Waals surface area contributed by atoms with Gasteiger partial charge in [0, 0.05) is 23.3 Å². The van der Waals surface area contributed by atoms with Crippen LogP contribution >= 0.6 is 11.3 Å². The SMILES string of the molecule is CCO[C@H](C(=O)c1ccc(-c2cc(OC)c(C)c(OC)c2)o1)c1ccc(-c2nnc(C)s2)cc1. The van der Waals surface area contributed by atoms with Crippen LogP contribution in [0.4, 0.5) is 0 Å². The average Bonchev–Trinajstić information content (AvgIpc) is 3.52. The number of ketones is 1. The van der Waals surface area contributed by atoms with Gasteiger partial charge >= 0.3 is 0 Å². The lowest BCUT2D eigenvalue weighted by atomic mass is 10.0. The number of hydrogen-bond donors (Lipinski definition) is 0. The Balaban J connectivity index is 1.61. The van der Waals surface area contributed by atoms with Crippen LogP contribution in [-0.2, 0) is 4.74 Å². The van der Waals surface area contributed by atoms with Crippen LogP contribution in [0.1, 0.15) is 39.7 Å². The molecule has 176 valence electrons. The number of aromatic nitrogens is 2. The molecule has 0 aliphatic heterocycles. The summed E-state index contributed by atoms with van der Waals surface area (Å²) < 4.78 is 22.7. The number of carbonyl (C=O) groups is 1. The van der Waals surface area contributed by atoms with Crippen LogP contribution in [0.15, 0.2) is 52.9 Å². The number of benzene rings is 2. The van der Waals surface area contributed by atoms with E-state index in [2.05, 4.69) is 10.2 Å². The molecule has 0 saturated carbocycles. The van der Waals surface area contributed by atoms with Crippen molar-refractivity contribution < 1.29 is 23.4 Å². The zero-order chi connectivity index (χ0) is 24.2. The smallest absolute Gasteiger partial charge is 0.231 e. The van der Waals surface area contributed by atoms with Gasteiger partial charge in [-0.15, -0.1) is 10.2 Å². The summed E-state index contributed by atoms with van der Waals surface area (Å²) in [7, 11) is 3.21. The predicted octanol–water partition coefficient (Wildman–Crippen LogP) is 6.06. The predicted molar refractivity (Wildman–Crippen MR) is 131 cm³/mol. The summed E-state index contributed by atoms with van der Waals surface area (Å²) in [4.78, 5) is 13.4. The fourth-order valence-corrected chi connectivity index (χ4v) is 4.38. The minimum absolute atomic E-state index is 0.218. The average molecular weight is 479 g/mol. The Morgan fingerprint density at radius 3 is 2.21 bits per heavy atom. The maximum absolute atomic E-state index is 13.4. The standard InChI is InChI=1S/C26H26N2O5S/c1-6-32-25(17-7-9-18(10-8-17)26-28-27-16(3)34-26)24(29)21-12-11-20(33-21)19-13-22(30-4)15(2)23(14-19)31-5/h7-14,25H,6H2,1-5H3/t25-/m0/s1. The van der Waals surface area contributed by atoms with E-state index < -0.39 is 6.10 Å². The minimum atomic E-state index is -0.781. The quantitative estimate of drug-likeness (QED) is 0.270. The number of methoxy groups -OCH3 is 2. The molecule has 0 bridgehead atoms. The third-order valence-electron chi connectivity index (χ3n) is 5.44. The second kappa shape index (κ2) is 10.2. The molecule has 2 aromatic heterocycles. The van der Waals surface area contributed by atoms with Gasteiger partial charge < -0.3 is 18.6 Å². The van der Waals surface area contributed by atoms with E-state index in [0.29, 0.717) is 23.9 Å². The molecule has 34 heavy (non-hydrogen) atoms. The molecular weight excluding hydrogens is 452 g/mol. The van der Waals surface area contributed by atoms with Crippen LogP contribution in [0.5, 0.6) is 11.5 Å². The summed E-state index contributed by atoms with van der Waals surface area (Å²) in [5.74, 6) is 1.86. The lowest BCUT2D eigenvalue weighted by Crippen LogP contribution is -2.16. The van der Waals surface area contributed by atoms with E-state index in [0.717, 1.165) is 32.3 Å². The van der Waals surface area contributed by atoms with Crippen molar-refractivity contribution in [1.29, 1.82) is 0 Å². The number of carbonyl (C=O) groups excluding carboxylic acids is 1. The molecular formula is C26H26N2O5S. The third-order valence-corrected chi connectivity index (χ3v) is 6.33. The van der Waals surface area contributed by atoms with E-state index in [1.165, 1.54) is 11.3 Å². The molecule has 0 spiro atoms. The van der Waals surface area contributed by atoms with Crippen molar-refractivity contribution in [2.24, 2.45) is 0 Å². The van der Waals surface area contributed by atoms with Gasteiger partial charge in [-0.25, -0.2) is 0 Å². The van der Waals surface area contributed by atoms with Gasteiger partial charge in [-0.3, -0.25) is 4.79 Å². The Bertz CT molecular complexity index is 1270. The van der Waals surface area contributed by atoms with E-state index in [4.69, 9.17) is 18.6 Å². The first kappa shape index (κ1) is 23.7. The van der Waals surface area contributed by atoms with Crippen LogP contribution in [0, 0.1) is 13.8 Å². The Labute approximate surface area is 202 Å². The minimum Gasteiger partial charge on any atom is -0.496 e. The van der Waals surface area contributed by atoms with Gasteiger partial charge in [0.25, 0.3) is 0 Å².